The summed E-state index contributed by atoms with van der Waals surface area (Å²) >= 11 is 0. The van der Waals surface area contributed by atoms with Gasteiger partial charge in [0, 0.05) is 56.7 Å². The number of rotatable bonds is 10. The molecule has 0 unspecified atom stereocenters. The summed E-state index contributed by atoms with van der Waals surface area (Å²) in [5, 5.41) is 7.00. The van der Waals surface area contributed by atoms with Gasteiger partial charge in [-0.1, -0.05) is 193 Å². The molecule has 0 aliphatic rings. The Labute approximate surface area is 508 Å². The maximum Gasteiger partial charge on any atom is 0.121 e. The topological polar surface area (TPSA) is 56.7 Å². The van der Waals surface area contributed by atoms with E-state index >= 15 is 0 Å². The minimum atomic E-state index is -2.30. The summed E-state index contributed by atoms with van der Waals surface area (Å²) in [5.41, 5.74) is 18.5. The zero-order valence-corrected chi connectivity index (χ0v) is 51.8. The molecule has 0 N–H and O–H groups in total. The van der Waals surface area contributed by atoms with Crippen molar-refractivity contribution in [2.45, 2.75) is 139 Å². The molecule has 0 aliphatic heterocycles. The quantitative estimate of drug-likeness (QED) is 0.101. The Hall–Kier alpha value is -7.50. The number of furan rings is 1. The summed E-state index contributed by atoms with van der Waals surface area (Å²) in [6.07, 6.45) is 1.32. The van der Waals surface area contributed by atoms with E-state index in [9.17, 15) is 0 Å². The molecule has 0 spiro atoms. The Morgan fingerprint density at radius 2 is 1.22 bits per heavy atom. The number of para-hydroxylation sites is 2. The number of fused-ring (bicyclic) bond motifs is 7. The molecular weight excluding hydrogens is 1180 g/mol. The summed E-state index contributed by atoms with van der Waals surface area (Å²) in [6, 6.07) is 60.3. The van der Waals surface area contributed by atoms with E-state index in [-0.39, 0.29) is 43.1 Å². The average molecular weight is 1260 g/mol. The van der Waals surface area contributed by atoms with Crippen molar-refractivity contribution in [3.63, 3.8) is 0 Å². The molecule has 3 aromatic heterocycles. The first-order valence-corrected chi connectivity index (χ1v) is 28.7. The third-order valence-corrected chi connectivity index (χ3v) is 15.9. The van der Waals surface area contributed by atoms with Crippen molar-refractivity contribution in [3.8, 4) is 50.7 Å². The van der Waals surface area contributed by atoms with Gasteiger partial charge in [-0.2, -0.15) is 0 Å². The summed E-state index contributed by atoms with van der Waals surface area (Å²) in [5.74, 6) is 2.97. The Morgan fingerprint density at radius 3 is 1.85 bits per heavy atom. The molecule has 6 heteroatoms. The van der Waals surface area contributed by atoms with Crippen LogP contribution in [0.1, 0.15) is 172 Å². The van der Waals surface area contributed by atoms with Gasteiger partial charge in [0.25, 0.3) is 0 Å². The van der Waals surface area contributed by atoms with Gasteiger partial charge in [0.05, 0.1) is 28.3 Å². The largest absolute Gasteiger partial charge is 0.501 e. The van der Waals surface area contributed by atoms with Crippen LogP contribution in [0.4, 0.5) is 0 Å². The van der Waals surface area contributed by atoms with Crippen LogP contribution < -0.4 is 0 Å². The average Bonchev–Trinajstić information content (AvgIpc) is 1.54. The van der Waals surface area contributed by atoms with E-state index in [0.717, 1.165) is 44.4 Å². The maximum absolute atomic E-state index is 7.65. The predicted molar refractivity (Wildman–Crippen MR) is 343 cm³/mol. The fraction of sp³-hybridized carbons (Fsp3) is 0.276. The molecule has 0 fully saturated rings. The van der Waals surface area contributed by atoms with Gasteiger partial charge in [-0.15, -0.1) is 53.6 Å². The molecule has 417 valence electrons. The first-order valence-electron chi connectivity index (χ1n) is 31.7. The van der Waals surface area contributed by atoms with Crippen LogP contribution in [-0.4, -0.2) is 19.5 Å². The van der Waals surface area contributed by atoms with Gasteiger partial charge in [0.15, 0.2) is 0 Å². The number of nitrogens with zero attached hydrogens (tertiary/aromatic N) is 4. The summed E-state index contributed by atoms with van der Waals surface area (Å²) in [6.45, 7) is 24.4. The van der Waals surface area contributed by atoms with Gasteiger partial charge in [0.2, 0.25) is 0 Å². The van der Waals surface area contributed by atoms with E-state index < -0.39 is 19.1 Å². The van der Waals surface area contributed by atoms with Gasteiger partial charge in [-0.3, -0.25) is 15.0 Å². The first-order chi connectivity index (χ1) is 41.2. The van der Waals surface area contributed by atoms with E-state index in [1.807, 2.05) is 26.8 Å². The Balaban J connectivity index is 0.000000288. The van der Waals surface area contributed by atoms with E-state index in [0.29, 0.717) is 34.8 Å². The van der Waals surface area contributed by atoms with Gasteiger partial charge in [-0.25, -0.2) is 0 Å². The Kier molecular flexibility index (Phi) is 14.1. The number of benzene rings is 9. The van der Waals surface area contributed by atoms with E-state index in [2.05, 4.69) is 223 Å². The molecule has 1 radical (unpaired) electrons. The van der Waals surface area contributed by atoms with Crippen LogP contribution in [0.15, 0.2) is 162 Å². The fourth-order valence-corrected chi connectivity index (χ4v) is 11.6. The van der Waals surface area contributed by atoms with Crippen molar-refractivity contribution < 1.29 is 32.7 Å². The van der Waals surface area contributed by atoms with Gasteiger partial charge in [-0.05, 0) is 150 Å². The van der Waals surface area contributed by atoms with Crippen molar-refractivity contribution in [3.05, 3.63) is 215 Å². The van der Waals surface area contributed by atoms with Gasteiger partial charge < -0.3 is 8.98 Å². The molecular formula is C76H76IrN4O-2. The molecule has 0 atom stereocenters. The summed E-state index contributed by atoms with van der Waals surface area (Å²) in [4.78, 5) is 14.0. The fourth-order valence-electron chi connectivity index (χ4n) is 11.6. The molecule has 12 aromatic rings. The molecule has 3 heterocycles. The summed E-state index contributed by atoms with van der Waals surface area (Å²) in [7, 11) is 0. The van der Waals surface area contributed by atoms with Gasteiger partial charge in [0.1, 0.15) is 5.58 Å². The number of hydrogen-bond donors (Lipinski definition) is 0. The van der Waals surface area contributed by atoms with Crippen LogP contribution in [0.5, 0.6) is 0 Å². The molecule has 12 rings (SSSR count). The first kappa shape index (κ1) is 50.2. The number of hydrogen-bond acceptors (Lipinski definition) is 4. The van der Waals surface area contributed by atoms with Crippen LogP contribution in [-0.2, 0) is 25.5 Å². The molecule has 0 aliphatic carbocycles. The second-order valence-corrected chi connectivity index (χ2v) is 24.4. The minimum absolute atomic E-state index is 0. The number of aromatic nitrogens is 4. The van der Waals surface area contributed by atoms with Crippen LogP contribution in [0.3, 0.4) is 0 Å². The minimum Gasteiger partial charge on any atom is -0.501 e. The van der Waals surface area contributed by atoms with Crippen molar-refractivity contribution in [2.24, 2.45) is 0 Å². The summed E-state index contributed by atoms with van der Waals surface area (Å²) < 4.78 is 54.4. The molecule has 0 bridgehead atoms. The van der Waals surface area contributed by atoms with Crippen LogP contribution in [0.2, 0.25) is 0 Å². The second-order valence-electron chi connectivity index (χ2n) is 24.4. The standard InChI is InChI=1S/C60H57N2O.C16H19N2.Ir/c1-34(2)43-29-48(35(3)4)57(49(30-43)36(5)6)41-25-22-39(23-26-41)44-31-50(37(7)8)58(51(32-44)38(9)10)62-55-21-14-13-20-54(55)61-60(62)47-19-15-18-46-53-28-42-27-24-40-16-11-12-17-45(40)52(42)33-56(53)63-59(46)47;1-11-6-8-13(9-7-11)15-17-10-12(2)14(18-15)16(3,4)5;/h11-18,20-38H,1-10H3;6-8,10H,1-5H3;/q2*-1;/i;1D3,2D3;. The molecule has 0 saturated carbocycles. The zero-order valence-electron chi connectivity index (χ0n) is 55.4. The van der Waals surface area contributed by atoms with Crippen molar-refractivity contribution in [1.82, 2.24) is 19.5 Å². The van der Waals surface area contributed by atoms with Crippen LogP contribution in [0, 0.1) is 25.8 Å². The van der Waals surface area contributed by atoms with Crippen molar-refractivity contribution in [1.29, 1.82) is 0 Å². The van der Waals surface area contributed by atoms with Gasteiger partial charge >= 0.3 is 0 Å². The van der Waals surface area contributed by atoms with Crippen LogP contribution in [0.25, 0.3) is 105 Å². The van der Waals surface area contributed by atoms with Crippen molar-refractivity contribution in [2.75, 3.05) is 0 Å². The molecule has 0 saturated heterocycles. The molecule has 0 amide bonds. The van der Waals surface area contributed by atoms with E-state index in [4.69, 9.17) is 17.6 Å². The third-order valence-electron chi connectivity index (χ3n) is 15.9. The molecule has 9 aromatic carbocycles. The van der Waals surface area contributed by atoms with Crippen LogP contribution >= 0.6 is 0 Å². The molecule has 82 heavy (non-hydrogen) atoms. The number of aryl methyl sites for hydroxylation is 2. The van der Waals surface area contributed by atoms with E-state index in [1.54, 1.807) is 6.07 Å². The Bertz CT molecular complexity index is 4500. The zero-order chi connectivity index (χ0) is 62.2. The second kappa shape index (κ2) is 23.0. The SMILES string of the molecule is CC(C)c1cc(C(C)C)c(-c2ccc(-c3cc(C(C)C)c(-n4c(-c5[c-]ccc6c5oc5cc7c(ccc8ccccc87)cc56)nc5ccccc54)c(C(C)C)c3)cc2)c(C(C)C)c1.[2H]C([2H])([2H])c1c[c-]c(-c2ncc(C([2H])([2H])[2H])c(C(C)(C)C)n2)cc1.[Ir]. The maximum atomic E-state index is 7.65. The normalized spacial score (nSPS) is 13.4. The molecule has 5 nitrogen and oxygen atoms in total. The third kappa shape index (κ3) is 10.9. The Morgan fingerprint density at radius 1 is 0.561 bits per heavy atom. The number of imidazole rings is 1. The van der Waals surface area contributed by atoms with E-state index in [1.165, 1.54) is 95.6 Å². The monoisotopic (exact) mass is 1260 g/mol. The predicted octanol–water partition coefficient (Wildman–Crippen LogP) is 21.5. The van der Waals surface area contributed by atoms with Crippen molar-refractivity contribution >= 4 is 54.5 Å². The smallest absolute Gasteiger partial charge is 0.121 e.